The summed E-state index contributed by atoms with van der Waals surface area (Å²) in [5.74, 6) is 5.56. The van der Waals surface area contributed by atoms with Crippen molar-refractivity contribution in [1.29, 1.82) is 0 Å². The van der Waals surface area contributed by atoms with E-state index in [0.717, 1.165) is 0 Å². The number of nitrogens with one attached hydrogen (secondary N) is 1. The minimum atomic E-state index is 0.0543. The molecule has 2 nitrogen and oxygen atoms in total. The second-order valence-corrected chi connectivity index (χ2v) is 2.30. The average Bonchev–Trinajstić information content (AvgIpc) is 2.08. The Hall–Kier alpha value is -0.970. The lowest BCUT2D eigenvalue weighted by atomic mass is 10.2. The molecule has 0 spiro atoms. The van der Waals surface area contributed by atoms with Crippen LogP contribution in [-0.2, 0) is 4.79 Å². The fraction of sp³-hybridized carbons (Fsp3) is 0.700. The maximum atomic E-state index is 10.8. The Labute approximate surface area is 75.7 Å². The molecule has 0 aromatic rings. The summed E-state index contributed by atoms with van der Waals surface area (Å²) in [6, 6.07) is 0. The zero-order valence-electron chi connectivity index (χ0n) is 8.69. The first-order valence-electron chi connectivity index (χ1n) is 4.35. The highest BCUT2D eigenvalue weighted by molar-refractivity contribution is 5.78. The van der Waals surface area contributed by atoms with Gasteiger partial charge in [-0.05, 0) is 6.92 Å². The van der Waals surface area contributed by atoms with Crippen molar-refractivity contribution in [1.82, 2.24) is 5.32 Å². The largest absolute Gasteiger partial charge is 0.345 e. The van der Waals surface area contributed by atoms with E-state index in [4.69, 9.17) is 0 Å². The number of carbonyl (C=O) groups excluding carboxylic acids is 1. The molecule has 1 amide bonds. The molecular formula is C10H19NO. The minimum Gasteiger partial charge on any atom is -0.345 e. The Morgan fingerprint density at radius 3 is 2.25 bits per heavy atom. The van der Waals surface area contributed by atoms with Crippen molar-refractivity contribution >= 4 is 5.91 Å². The highest BCUT2D eigenvalue weighted by atomic mass is 16.1. The highest BCUT2D eigenvalue weighted by Crippen LogP contribution is 1.88. The maximum absolute atomic E-state index is 10.8. The van der Waals surface area contributed by atoms with Crippen molar-refractivity contribution in [2.24, 2.45) is 5.92 Å². The zero-order chi connectivity index (χ0) is 9.98. The molecule has 12 heavy (non-hydrogen) atoms. The van der Waals surface area contributed by atoms with Gasteiger partial charge in [0.15, 0.2) is 0 Å². The highest BCUT2D eigenvalue weighted by Gasteiger charge is 2.02. The molecule has 0 aliphatic rings. The molecular weight excluding hydrogens is 150 g/mol. The first kappa shape index (κ1) is 13.6. The van der Waals surface area contributed by atoms with Crippen molar-refractivity contribution in [3.63, 3.8) is 0 Å². The van der Waals surface area contributed by atoms with Crippen molar-refractivity contribution in [2.45, 2.75) is 34.6 Å². The van der Waals surface area contributed by atoms with Crippen LogP contribution in [0.4, 0.5) is 0 Å². The summed E-state index contributed by atoms with van der Waals surface area (Å²) in [4.78, 5) is 10.8. The van der Waals surface area contributed by atoms with Gasteiger partial charge in [-0.3, -0.25) is 4.79 Å². The predicted octanol–water partition coefficient (Wildman–Crippen LogP) is 1.81. The van der Waals surface area contributed by atoms with Crippen LogP contribution < -0.4 is 5.32 Å². The number of hydrogen-bond donors (Lipinski definition) is 1. The van der Waals surface area contributed by atoms with Crippen LogP contribution in [0.15, 0.2) is 0 Å². The van der Waals surface area contributed by atoms with Gasteiger partial charge in [0.25, 0.3) is 0 Å². The van der Waals surface area contributed by atoms with E-state index in [2.05, 4.69) is 17.2 Å². The van der Waals surface area contributed by atoms with Crippen molar-refractivity contribution < 1.29 is 4.79 Å². The lowest BCUT2D eigenvalue weighted by Gasteiger charge is -2.02. The second-order valence-electron chi connectivity index (χ2n) is 2.30. The normalized spacial score (nSPS) is 7.50. The summed E-state index contributed by atoms with van der Waals surface area (Å²) in [6.07, 6.45) is 0. The summed E-state index contributed by atoms with van der Waals surface area (Å²) in [5.41, 5.74) is 0. The zero-order valence-corrected chi connectivity index (χ0v) is 8.69. The van der Waals surface area contributed by atoms with E-state index in [9.17, 15) is 4.79 Å². The molecule has 0 atom stereocenters. The van der Waals surface area contributed by atoms with Gasteiger partial charge in [-0.2, -0.15) is 0 Å². The molecule has 1 N–H and O–H groups in total. The Kier molecular flexibility index (Phi) is 11.4. The van der Waals surface area contributed by atoms with Crippen LogP contribution in [-0.4, -0.2) is 12.5 Å². The molecule has 0 aliphatic heterocycles. The van der Waals surface area contributed by atoms with Crippen LogP contribution >= 0.6 is 0 Å². The van der Waals surface area contributed by atoms with E-state index in [1.165, 1.54) is 0 Å². The van der Waals surface area contributed by atoms with E-state index in [0.29, 0.717) is 6.54 Å². The van der Waals surface area contributed by atoms with Crippen molar-refractivity contribution in [3.8, 4) is 11.8 Å². The Morgan fingerprint density at radius 2 is 1.92 bits per heavy atom. The van der Waals surface area contributed by atoms with E-state index in [1.54, 1.807) is 6.92 Å². The molecule has 70 valence electrons. The SMILES string of the molecule is CC.CC#CCNC(=O)C(C)C. The van der Waals surface area contributed by atoms with E-state index >= 15 is 0 Å². The molecule has 0 aromatic heterocycles. The fourth-order valence-electron chi connectivity index (χ4n) is 0.424. The quantitative estimate of drug-likeness (QED) is 0.627. The molecule has 0 aliphatic carbocycles. The number of hydrogen-bond acceptors (Lipinski definition) is 1. The van der Waals surface area contributed by atoms with E-state index in [-0.39, 0.29) is 11.8 Å². The first-order chi connectivity index (χ1) is 5.68. The Balaban J connectivity index is 0. The van der Waals surface area contributed by atoms with Gasteiger partial charge in [-0.1, -0.05) is 33.6 Å². The lowest BCUT2D eigenvalue weighted by molar-refractivity contribution is -0.123. The van der Waals surface area contributed by atoms with Gasteiger partial charge in [0.1, 0.15) is 0 Å². The van der Waals surface area contributed by atoms with Crippen LogP contribution in [0.3, 0.4) is 0 Å². The lowest BCUT2D eigenvalue weighted by Crippen LogP contribution is -2.27. The molecule has 0 heterocycles. The predicted molar refractivity (Wildman–Crippen MR) is 52.6 cm³/mol. The fourth-order valence-corrected chi connectivity index (χ4v) is 0.424. The summed E-state index contributed by atoms with van der Waals surface area (Å²) in [5, 5.41) is 2.67. The Bertz CT molecular complexity index is 162. The number of rotatable bonds is 2. The summed E-state index contributed by atoms with van der Waals surface area (Å²) < 4.78 is 0. The third kappa shape index (κ3) is 9.03. The molecule has 0 fully saturated rings. The summed E-state index contributed by atoms with van der Waals surface area (Å²) in [6.45, 7) is 9.93. The third-order valence-electron chi connectivity index (χ3n) is 1.05. The Morgan fingerprint density at radius 1 is 1.42 bits per heavy atom. The second kappa shape index (κ2) is 10.0. The van der Waals surface area contributed by atoms with Gasteiger partial charge in [0.05, 0.1) is 6.54 Å². The van der Waals surface area contributed by atoms with Gasteiger partial charge in [0.2, 0.25) is 5.91 Å². The van der Waals surface area contributed by atoms with Crippen LogP contribution in [0.5, 0.6) is 0 Å². The number of amides is 1. The summed E-state index contributed by atoms with van der Waals surface area (Å²) >= 11 is 0. The molecule has 0 radical (unpaired) electrons. The molecule has 2 heteroatoms. The van der Waals surface area contributed by atoms with Gasteiger partial charge >= 0.3 is 0 Å². The third-order valence-corrected chi connectivity index (χ3v) is 1.05. The molecule has 0 bridgehead atoms. The molecule has 0 saturated carbocycles. The first-order valence-corrected chi connectivity index (χ1v) is 4.35. The topological polar surface area (TPSA) is 29.1 Å². The maximum Gasteiger partial charge on any atom is 0.223 e. The molecule has 0 aromatic carbocycles. The van der Waals surface area contributed by atoms with Gasteiger partial charge < -0.3 is 5.32 Å². The van der Waals surface area contributed by atoms with Crippen molar-refractivity contribution in [2.75, 3.05) is 6.54 Å². The van der Waals surface area contributed by atoms with E-state index < -0.39 is 0 Å². The smallest absolute Gasteiger partial charge is 0.223 e. The van der Waals surface area contributed by atoms with Crippen LogP contribution in [0.2, 0.25) is 0 Å². The van der Waals surface area contributed by atoms with Gasteiger partial charge in [-0.15, -0.1) is 5.92 Å². The average molecular weight is 169 g/mol. The van der Waals surface area contributed by atoms with Crippen LogP contribution in [0.1, 0.15) is 34.6 Å². The van der Waals surface area contributed by atoms with Gasteiger partial charge in [-0.25, -0.2) is 0 Å². The minimum absolute atomic E-state index is 0.0543. The summed E-state index contributed by atoms with van der Waals surface area (Å²) in [7, 11) is 0. The standard InChI is InChI=1S/C8H13NO.C2H6/c1-4-5-6-9-8(10)7(2)3;1-2/h7H,6H2,1-3H3,(H,9,10);1-2H3. The molecule has 0 unspecified atom stereocenters. The van der Waals surface area contributed by atoms with E-state index in [1.807, 2.05) is 27.7 Å². The van der Waals surface area contributed by atoms with Crippen LogP contribution in [0, 0.1) is 17.8 Å². The van der Waals surface area contributed by atoms with Gasteiger partial charge in [0, 0.05) is 5.92 Å². The monoisotopic (exact) mass is 169 g/mol. The van der Waals surface area contributed by atoms with Crippen molar-refractivity contribution in [3.05, 3.63) is 0 Å². The number of carbonyl (C=O) groups is 1. The van der Waals surface area contributed by atoms with Crippen LogP contribution in [0.25, 0.3) is 0 Å². The molecule has 0 rings (SSSR count). The molecule has 0 saturated heterocycles.